The minimum absolute atomic E-state index is 0.0379. The number of benzene rings is 1. The number of nitrogens with zero attached hydrogens (tertiary/aromatic N) is 1. The highest BCUT2D eigenvalue weighted by molar-refractivity contribution is 6.30. The molecule has 1 unspecified atom stereocenters. The average molecular weight is 330 g/mol. The summed E-state index contributed by atoms with van der Waals surface area (Å²) in [6.07, 6.45) is 0.119. The van der Waals surface area contributed by atoms with Gasteiger partial charge < -0.3 is 4.74 Å². The zero-order chi connectivity index (χ0) is 16.8. The van der Waals surface area contributed by atoms with E-state index in [9.17, 15) is 4.79 Å². The molecule has 0 amide bonds. The van der Waals surface area contributed by atoms with Crippen LogP contribution in [0.4, 0.5) is 0 Å². The SMILES string of the molecule is CC(=O)C1Cc2nc(-c3ccc(Cl)cc3)cc(C(C)(C)C)c2O1. The second-order valence-corrected chi connectivity index (χ2v) is 7.45. The maximum Gasteiger partial charge on any atom is 0.170 e. The Morgan fingerprint density at radius 3 is 2.48 bits per heavy atom. The molecule has 120 valence electrons. The fourth-order valence-corrected chi connectivity index (χ4v) is 2.89. The lowest BCUT2D eigenvalue weighted by atomic mass is 9.85. The van der Waals surface area contributed by atoms with Gasteiger partial charge in [-0.1, -0.05) is 44.5 Å². The van der Waals surface area contributed by atoms with Crippen molar-refractivity contribution in [3.05, 3.63) is 46.6 Å². The minimum Gasteiger partial charge on any atom is -0.480 e. The van der Waals surface area contributed by atoms with Crippen LogP contribution in [-0.2, 0) is 16.6 Å². The Bertz CT molecular complexity index is 760. The summed E-state index contributed by atoms with van der Waals surface area (Å²) in [6, 6.07) is 9.70. The van der Waals surface area contributed by atoms with E-state index in [0.717, 1.165) is 28.3 Å². The van der Waals surface area contributed by atoms with Crippen LogP contribution in [0.25, 0.3) is 11.3 Å². The van der Waals surface area contributed by atoms with Crippen molar-refractivity contribution in [1.82, 2.24) is 4.98 Å². The monoisotopic (exact) mass is 329 g/mol. The summed E-state index contributed by atoms with van der Waals surface area (Å²) in [5.74, 6) is 0.811. The lowest BCUT2D eigenvalue weighted by molar-refractivity contribution is -0.122. The number of ketones is 1. The number of Topliss-reactive ketones (excluding diaryl/α,β-unsaturated/α-hetero) is 1. The minimum atomic E-state index is -0.418. The van der Waals surface area contributed by atoms with Crippen LogP contribution in [0, 0.1) is 0 Å². The highest BCUT2D eigenvalue weighted by Crippen LogP contribution is 2.40. The van der Waals surface area contributed by atoms with Gasteiger partial charge in [0.1, 0.15) is 5.75 Å². The van der Waals surface area contributed by atoms with E-state index in [1.807, 2.05) is 24.3 Å². The van der Waals surface area contributed by atoms with E-state index < -0.39 is 6.10 Å². The smallest absolute Gasteiger partial charge is 0.170 e. The van der Waals surface area contributed by atoms with Gasteiger partial charge in [-0.3, -0.25) is 4.79 Å². The summed E-state index contributed by atoms with van der Waals surface area (Å²) in [4.78, 5) is 16.4. The molecule has 0 fully saturated rings. The van der Waals surface area contributed by atoms with Gasteiger partial charge in [0.25, 0.3) is 0 Å². The lowest BCUT2D eigenvalue weighted by Crippen LogP contribution is -2.22. The Kier molecular flexibility index (Phi) is 3.93. The van der Waals surface area contributed by atoms with Gasteiger partial charge in [-0.2, -0.15) is 0 Å². The van der Waals surface area contributed by atoms with Crippen molar-refractivity contribution >= 4 is 17.4 Å². The number of fused-ring (bicyclic) bond motifs is 1. The van der Waals surface area contributed by atoms with Crippen molar-refractivity contribution in [2.75, 3.05) is 0 Å². The molecule has 1 aromatic carbocycles. The fourth-order valence-electron chi connectivity index (χ4n) is 2.77. The summed E-state index contributed by atoms with van der Waals surface area (Å²) in [5, 5.41) is 0.700. The van der Waals surface area contributed by atoms with Crippen LogP contribution >= 0.6 is 11.6 Å². The van der Waals surface area contributed by atoms with Crippen molar-refractivity contribution in [2.24, 2.45) is 0 Å². The predicted octanol–water partition coefficient (Wildman–Crippen LogP) is 4.59. The van der Waals surface area contributed by atoms with Crippen LogP contribution in [0.2, 0.25) is 5.02 Å². The van der Waals surface area contributed by atoms with Gasteiger partial charge >= 0.3 is 0 Å². The molecule has 1 atom stereocenters. The molecule has 0 N–H and O–H groups in total. The van der Waals surface area contributed by atoms with Crippen LogP contribution in [0.15, 0.2) is 30.3 Å². The molecule has 0 saturated carbocycles. The molecule has 2 aromatic rings. The number of rotatable bonds is 2. The predicted molar refractivity (Wildman–Crippen MR) is 92.2 cm³/mol. The van der Waals surface area contributed by atoms with E-state index in [1.165, 1.54) is 0 Å². The number of pyridine rings is 1. The molecule has 4 heteroatoms. The molecule has 3 rings (SSSR count). The summed E-state index contributed by atoms with van der Waals surface area (Å²) in [7, 11) is 0. The van der Waals surface area contributed by atoms with Gasteiger partial charge in [0.05, 0.1) is 11.4 Å². The molecule has 0 radical (unpaired) electrons. The average Bonchev–Trinajstić information content (AvgIpc) is 2.90. The zero-order valence-electron chi connectivity index (χ0n) is 13.8. The Labute approximate surface area is 141 Å². The number of hydrogen-bond acceptors (Lipinski definition) is 3. The first kappa shape index (κ1) is 16.0. The van der Waals surface area contributed by atoms with Crippen molar-refractivity contribution in [3.63, 3.8) is 0 Å². The fraction of sp³-hybridized carbons (Fsp3) is 0.368. The molecule has 0 spiro atoms. The maximum atomic E-state index is 11.7. The molecule has 1 aliphatic heterocycles. The number of carbonyl (C=O) groups excluding carboxylic acids is 1. The summed E-state index contributed by atoms with van der Waals surface area (Å²) >= 11 is 5.97. The molecular formula is C19H20ClNO2. The summed E-state index contributed by atoms with van der Waals surface area (Å²) < 4.78 is 5.90. The van der Waals surface area contributed by atoms with Crippen LogP contribution in [0.3, 0.4) is 0 Å². The molecule has 2 heterocycles. The Hall–Kier alpha value is -1.87. The molecule has 1 aliphatic rings. The van der Waals surface area contributed by atoms with Gasteiger partial charge in [0.15, 0.2) is 11.9 Å². The standard InChI is InChI=1S/C19H20ClNO2/c1-11(22)17-10-16-18(23-17)14(19(2,3)4)9-15(21-16)12-5-7-13(20)8-6-12/h5-9,17H,10H2,1-4H3. The number of ether oxygens (including phenoxy) is 1. The largest absolute Gasteiger partial charge is 0.480 e. The molecule has 3 nitrogen and oxygen atoms in total. The lowest BCUT2D eigenvalue weighted by Gasteiger charge is -2.23. The van der Waals surface area contributed by atoms with Crippen molar-refractivity contribution in [2.45, 2.75) is 45.6 Å². The van der Waals surface area contributed by atoms with E-state index in [0.29, 0.717) is 11.4 Å². The highest BCUT2D eigenvalue weighted by Gasteiger charge is 2.33. The van der Waals surface area contributed by atoms with Crippen LogP contribution in [0.5, 0.6) is 5.75 Å². The third kappa shape index (κ3) is 3.11. The van der Waals surface area contributed by atoms with Gasteiger partial charge in [-0.15, -0.1) is 0 Å². The third-order valence-electron chi connectivity index (χ3n) is 4.08. The Morgan fingerprint density at radius 1 is 1.26 bits per heavy atom. The second kappa shape index (κ2) is 5.64. The van der Waals surface area contributed by atoms with Crippen molar-refractivity contribution < 1.29 is 9.53 Å². The van der Waals surface area contributed by atoms with Crippen molar-refractivity contribution in [3.8, 4) is 17.0 Å². The van der Waals surface area contributed by atoms with Gasteiger partial charge in [0, 0.05) is 22.6 Å². The quantitative estimate of drug-likeness (QED) is 0.808. The van der Waals surface area contributed by atoms with E-state index in [2.05, 4.69) is 26.8 Å². The second-order valence-electron chi connectivity index (χ2n) is 7.01. The van der Waals surface area contributed by atoms with Crippen LogP contribution < -0.4 is 4.74 Å². The number of hydrogen-bond donors (Lipinski definition) is 0. The molecule has 0 aliphatic carbocycles. The summed E-state index contributed by atoms with van der Waals surface area (Å²) in [6.45, 7) is 7.98. The first-order chi connectivity index (χ1) is 10.8. The van der Waals surface area contributed by atoms with Crippen LogP contribution in [-0.4, -0.2) is 16.9 Å². The third-order valence-corrected chi connectivity index (χ3v) is 4.34. The van der Waals surface area contributed by atoms with E-state index >= 15 is 0 Å². The van der Waals surface area contributed by atoms with Crippen molar-refractivity contribution in [1.29, 1.82) is 0 Å². The van der Waals surface area contributed by atoms with Gasteiger partial charge in [0.2, 0.25) is 0 Å². The molecule has 0 saturated heterocycles. The first-order valence-electron chi connectivity index (χ1n) is 7.73. The Morgan fingerprint density at radius 2 is 1.91 bits per heavy atom. The highest BCUT2D eigenvalue weighted by atomic mass is 35.5. The van der Waals surface area contributed by atoms with Gasteiger partial charge in [-0.25, -0.2) is 4.98 Å². The van der Waals surface area contributed by atoms with E-state index in [4.69, 9.17) is 21.3 Å². The zero-order valence-corrected chi connectivity index (χ0v) is 14.6. The van der Waals surface area contributed by atoms with Gasteiger partial charge in [-0.05, 0) is 30.5 Å². The molecule has 1 aromatic heterocycles. The van der Waals surface area contributed by atoms with E-state index in [1.54, 1.807) is 6.92 Å². The molecular weight excluding hydrogens is 310 g/mol. The molecule has 0 bridgehead atoms. The van der Waals surface area contributed by atoms with E-state index in [-0.39, 0.29) is 11.2 Å². The van der Waals surface area contributed by atoms with Crippen LogP contribution in [0.1, 0.15) is 39.0 Å². The molecule has 23 heavy (non-hydrogen) atoms. The Balaban J connectivity index is 2.13. The maximum absolute atomic E-state index is 11.7. The topological polar surface area (TPSA) is 39.2 Å². The normalized spacial score (nSPS) is 16.8. The number of aromatic nitrogens is 1. The number of halogens is 1. The summed E-state index contributed by atoms with van der Waals surface area (Å²) in [5.41, 5.74) is 3.74. The first-order valence-corrected chi connectivity index (χ1v) is 8.11. The number of carbonyl (C=O) groups is 1.